The third-order valence-electron chi connectivity index (χ3n) is 3.71. The number of carbonyl (C=O) groups is 2. The van der Waals surface area contributed by atoms with Crippen molar-refractivity contribution in [2.24, 2.45) is 0 Å². The molecule has 1 aliphatic heterocycles. The summed E-state index contributed by atoms with van der Waals surface area (Å²) in [7, 11) is 0. The summed E-state index contributed by atoms with van der Waals surface area (Å²) in [5.41, 5.74) is 0.915. The number of aliphatic carboxylic acids is 1. The molecule has 3 N–H and O–H groups in total. The van der Waals surface area contributed by atoms with Crippen molar-refractivity contribution in [2.75, 3.05) is 13.3 Å². The number of nitriles is 1. The molecule has 1 heterocycles. The van der Waals surface area contributed by atoms with Gasteiger partial charge in [-0.1, -0.05) is 12.5 Å². The third-order valence-corrected chi connectivity index (χ3v) is 3.71. The van der Waals surface area contributed by atoms with Crippen LogP contribution in [0.2, 0.25) is 0 Å². The summed E-state index contributed by atoms with van der Waals surface area (Å²) in [6.07, 6.45) is 3.46. The van der Waals surface area contributed by atoms with E-state index in [2.05, 4.69) is 10.6 Å². The van der Waals surface area contributed by atoms with Gasteiger partial charge in [0.2, 0.25) is 6.79 Å². The molecular formula is C18H21N3O5. The van der Waals surface area contributed by atoms with Crippen molar-refractivity contribution in [2.45, 2.75) is 32.2 Å². The fraction of sp³-hybridized carbons (Fsp3) is 0.389. The maximum Gasteiger partial charge on any atom is 0.303 e. The van der Waals surface area contributed by atoms with Gasteiger partial charge in [-0.15, -0.1) is 0 Å². The summed E-state index contributed by atoms with van der Waals surface area (Å²) in [5, 5.41) is 23.2. The molecule has 0 saturated heterocycles. The molecule has 0 unspecified atom stereocenters. The van der Waals surface area contributed by atoms with E-state index < -0.39 is 11.9 Å². The average molecular weight is 359 g/mol. The summed E-state index contributed by atoms with van der Waals surface area (Å²) in [5.74, 6) is 0.0976. The van der Waals surface area contributed by atoms with Gasteiger partial charge in [-0.05, 0) is 30.5 Å². The van der Waals surface area contributed by atoms with Crippen LogP contribution in [-0.2, 0) is 16.1 Å². The van der Waals surface area contributed by atoms with Gasteiger partial charge in [-0.2, -0.15) is 5.26 Å². The van der Waals surface area contributed by atoms with Gasteiger partial charge < -0.3 is 25.2 Å². The Labute approximate surface area is 151 Å². The Kier molecular flexibility index (Phi) is 7.31. The Morgan fingerprint density at radius 3 is 2.81 bits per heavy atom. The van der Waals surface area contributed by atoms with E-state index >= 15 is 0 Å². The highest BCUT2D eigenvalue weighted by molar-refractivity contribution is 5.97. The van der Waals surface area contributed by atoms with Gasteiger partial charge in [0.05, 0.1) is 0 Å². The quantitative estimate of drug-likeness (QED) is 0.330. The lowest BCUT2D eigenvalue weighted by molar-refractivity contribution is -0.137. The topological polar surface area (TPSA) is 121 Å². The van der Waals surface area contributed by atoms with Crippen LogP contribution in [0, 0.1) is 11.3 Å². The minimum atomic E-state index is -0.822. The first-order valence-corrected chi connectivity index (χ1v) is 8.32. The van der Waals surface area contributed by atoms with Crippen molar-refractivity contribution < 1.29 is 24.2 Å². The van der Waals surface area contributed by atoms with Gasteiger partial charge >= 0.3 is 5.97 Å². The summed E-state index contributed by atoms with van der Waals surface area (Å²) < 4.78 is 10.5. The number of carboxylic acid groups (broad SMARTS) is 1. The highest BCUT2D eigenvalue weighted by atomic mass is 16.7. The third kappa shape index (κ3) is 6.02. The fourth-order valence-electron chi connectivity index (χ4n) is 2.35. The highest BCUT2D eigenvalue weighted by Crippen LogP contribution is 2.32. The van der Waals surface area contributed by atoms with Crippen LogP contribution in [0.15, 0.2) is 30.0 Å². The number of fused-ring (bicyclic) bond motifs is 1. The van der Waals surface area contributed by atoms with Crippen LogP contribution in [-0.4, -0.2) is 30.3 Å². The zero-order valence-electron chi connectivity index (χ0n) is 14.3. The van der Waals surface area contributed by atoms with Crippen LogP contribution < -0.4 is 20.1 Å². The molecule has 0 atom stereocenters. The number of carbonyl (C=O) groups excluding carboxylic acids is 1. The van der Waals surface area contributed by atoms with Crippen molar-refractivity contribution >= 4 is 11.9 Å². The number of nitrogens with zero attached hydrogens (tertiary/aromatic N) is 1. The molecule has 1 aromatic carbocycles. The van der Waals surface area contributed by atoms with E-state index in [-0.39, 0.29) is 18.8 Å². The van der Waals surface area contributed by atoms with Crippen molar-refractivity contribution in [3.63, 3.8) is 0 Å². The number of nitrogens with one attached hydrogen (secondary N) is 2. The van der Waals surface area contributed by atoms with Crippen molar-refractivity contribution in [1.29, 1.82) is 5.26 Å². The van der Waals surface area contributed by atoms with Gasteiger partial charge in [0.25, 0.3) is 5.91 Å². The van der Waals surface area contributed by atoms with E-state index in [1.807, 2.05) is 24.3 Å². The standard InChI is InChI=1S/C18H21N3O5/c19-9-14(18(24)21-7-3-1-2-4-17(22)23)11-20-10-13-5-6-15-16(8-13)26-12-25-15/h5-6,8,11,20H,1-4,7,10,12H2,(H,21,24)(H,22,23)/b14-11-. The maximum absolute atomic E-state index is 11.9. The number of amides is 1. The molecule has 0 spiro atoms. The second-order valence-corrected chi connectivity index (χ2v) is 5.70. The van der Waals surface area contributed by atoms with E-state index in [9.17, 15) is 9.59 Å². The van der Waals surface area contributed by atoms with Gasteiger partial charge in [-0.3, -0.25) is 9.59 Å². The number of ether oxygens (including phenoxy) is 2. The van der Waals surface area contributed by atoms with Crippen LogP contribution in [0.4, 0.5) is 0 Å². The van der Waals surface area contributed by atoms with E-state index in [0.29, 0.717) is 43.9 Å². The largest absolute Gasteiger partial charge is 0.481 e. The Hall–Kier alpha value is -3.21. The second-order valence-electron chi connectivity index (χ2n) is 5.70. The lowest BCUT2D eigenvalue weighted by atomic mass is 10.2. The monoisotopic (exact) mass is 359 g/mol. The van der Waals surface area contributed by atoms with E-state index in [1.54, 1.807) is 0 Å². The van der Waals surface area contributed by atoms with Crippen LogP contribution in [0.5, 0.6) is 11.5 Å². The lowest BCUT2D eigenvalue weighted by Gasteiger charge is -2.06. The first-order chi connectivity index (χ1) is 12.6. The number of rotatable bonds is 10. The first kappa shape index (κ1) is 19.1. The minimum absolute atomic E-state index is 0.0173. The summed E-state index contributed by atoms with van der Waals surface area (Å²) >= 11 is 0. The molecule has 8 nitrogen and oxygen atoms in total. The van der Waals surface area contributed by atoms with Crippen molar-refractivity contribution in [1.82, 2.24) is 10.6 Å². The van der Waals surface area contributed by atoms with Gasteiger partial charge in [0.15, 0.2) is 11.5 Å². The first-order valence-electron chi connectivity index (χ1n) is 8.32. The Morgan fingerprint density at radius 1 is 1.23 bits per heavy atom. The van der Waals surface area contributed by atoms with E-state index in [0.717, 1.165) is 5.56 Å². The minimum Gasteiger partial charge on any atom is -0.481 e. The Bertz CT molecular complexity index is 724. The maximum atomic E-state index is 11.9. The molecule has 138 valence electrons. The number of unbranched alkanes of at least 4 members (excludes halogenated alkanes) is 2. The summed E-state index contributed by atoms with van der Waals surface area (Å²) in [6, 6.07) is 7.38. The number of hydrogen-bond donors (Lipinski definition) is 3. The number of carboxylic acids is 1. The summed E-state index contributed by atoms with van der Waals surface area (Å²) in [6.45, 7) is 1.05. The number of hydrogen-bond acceptors (Lipinski definition) is 6. The molecule has 1 amide bonds. The van der Waals surface area contributed by atoms with E-state index in [1.165, 1.54) is 6.20 Å². The second kappa shape index (κ2) is 9.93. The summed E-state index contributed by atoms with van der Waals surface area (Å²) in [4.78, 5) is 22.3. The fourth-order valence-corrected chi connectivity index (χ4v) is 2.35. The molecule has 26 heavy (non-hydrogen) atoms. The highest BCUT2D eigenvalue weighted by Gasteiger charge is 2.13. The van der Waals surface area contributed by atoms with Crippen molar-refractivity contribution in [3.8, 4) is 17.6 Å². The molecule has 0 radical (unpaired) electrons. The van der Waals surface area contributed by atoms with Gasteiger partial charge in [-0.25, -0.2) is 0 Å². The van der Waals surface area contributed by atoms with Crippen LogP contribution in [0.3, 0.4) is 0 Å². The van der Waals surface area contributed by atoms with Crippen molar-refractivity contribution in [3.05, 3.63) is 35.5 Å². The molecule has 2 rings (SSSR count). The zero-order chi connectivity index (χ0) is 18.8. The van der Waals surface area contributed by atoms with Crippen LogP contribution in [0.1, 0.15) is 31.2 Å². The molecule has 8 heteroatoms. The molecule has 0 aromatic heterocycles. The molecular weight excluding hydrogens is 338 g/mol. The molecule has 0 bridgehead atoms. The smallest absolute Gasteiger partial charge is 0.303 e. The lowest BCUT2D eigenvalue weighted by Crippen LogP contribution is -2.26. The van der Waals surface area contributed by atoms with Gasteiger partial charge in [0, 0.05) is 25.7 Å². The normalized spacial score (nSPS) is 12.3. The SMILES string of the molecule is N#C/C(=C/NCc1ccc2c(c1)OCO2)C(=O)NCCCCCC(=O)O. The molecule has 1 aliphatic rings. The predicted molar refractivity (Wildman–Crippen MR) is 92.2 cm³/mol. The van der Waals surface area contributed by atoms with Crippen LogP contribution >= 0.6 is 0 Å². The Morgan fingerprint density at radius 2 is 2.04 bits per heavy atom. The zero-order valence-corrected chi connectivity index (χ0v) is 14.3. The van der Waals surface area contributed by atoms with Crippen LogP contribution in [0.25, 0.3) is 0 Å². The molecule has 0 aliphatic carbocycles. The van der Waals surface area contributed by atoms with Gasteiger partial charge in [0.1, 0.15) is 11.6 Å². The van der Waals surface area contributed by atoms with E-state index in [4.69, 9.17) is 19.8 Å². The Balaban J connectivity index is 1.72. The molecule has 0 saturated carbocycles. The molecule has 1 aromatic rings. The molecule has 0 fully saturated rings. The average Bonchev–Trinajstić information content (AvgIpc) is 3.09. The predicted octanol–water partition coefficient (Wildman–Crippen LogP) is 1.67. The number of benzene rings is 1.